The molecule has 2 aliphatic rings. The second kappa shape index (κ2) is 8.06. The van der Waals surface area contributed by atoms with Gasteiger partial charge in [0.2, 0.25) is 0 Å². The number of hydrogen-bond donors (Lipinski definition) is 0. The quantitative estimate of drug-likeness (QED) is 0.716. The zero-order valence-electron chi connectivity index (χ0n) is 15.9. The maximum Gasteiger partial charge on any atom is 0.284 e. The van der Waals surface area contributed by atoms with Gasteiger partial charge in [-0.1, -0.05) is 37.0 Å². The van der Waals surface area contributed by atoms with Crippen LogP contribution in [0.5, 0.6) is 0 Å². The van der Waals surface area contributed by atoms with Crippen molar-refractivity contribution >= 4 is 32.9 Å². The van der Waals surface area contributed by atoms with Crippen molar-refractivity contribution in [1.29, 1.82) is 0 Å². The van der Waals surface area contributed by atoms with Crippen molar-refractivity contribution in [1.82, 2.24) is 9.80 Å². The smallest absolute Gasteiger partial charge is 0.284 e. The van der Waals surface area contributed by atoms with E-state index in [1.54, 1.807) is 40.3 Å². The lowest BCUT2D eigenvalue weighted by Crippen LogP contribution is -2.40. The fraction of sp³-hybridized carbons (Fsp3) is 0.474. The molecule has 1 aliphatic heterocycles. The molecule has 3 rings (SSSR count). The fourth-order valence-electron chi connectivity index (χ4n) is 3.30. The van der Waals surface area contributed by atoms with Crippen LogP contribution in [-0.4, -0.2) is 49.4 Å². The molecule has 0 N–H and O–H groups in total. The second-order valence-electron chi connectivity index (χ2n) is 7.19. The van der Waals surface area contributed by atoms with E-state index >= 15 is 0 Å². The fourth-order valence-corrected chi connectivity index (χ4v) is 5.60. The number of carbonyl (C=O) groups excluding carboxylic acids is 1. The highest BCUT2D eigenvalue weighted by Gasteiger charge is 2.40. The number of rotatable bonds is 4. The molecule has 146 valence electrons. The number of amides is 1. The van der Waals surface area contributed by atoms with Gasteiger partial charge in [0.15, 0.2) is 5.17 Å². The third kappa shape index (κ3) is 4.55. The van der Waals surface area contributed by atoms with Crippen LogP contribution in [0.2, 0.25) is 0 Å². The first-order valence-corrected chi connectivity index (χ1v) is 11.3. The molecule has 0 spiro atoms. The average molecular weight is 408 g/mol. The van der Waals surface area contributed by atoms with Gasteiger partial charge in [0, 0.05) is 26.3 Å². The number of aryl methyl sites for hydroxylation is 1. The Morgan fingerprint density at radius 3 is 2.37 bits per heavy atom. The summed E-state index contributed by atoms with van der Waals surface area (Å²) in [7, 11) is -0.200. The number of benzene rings is 1. The number of hydrogen-bond acceptors (Lipinski definition) is 5. The van der Waals surface area contributed by atoms with Gasteiger partial charge in [-0.05, 0) is 43.7 Å². The molecular formula is C19H25N3O3S2. The summed E-state index contributed by atoms with van der Waals surface area (Å²) in [6.07, 6.45) is 6.73. The summed E-state index contributed by atoms with van der Waals surface area (Å²) in [5, 5.41) is 0.264. The highest BCUT2D eigenvalue weighted by molar-refractivity contribution is 8.19. The predicted molar refractivity (Wildman–Crippen MR) is 109 cm³/mol. The average Bonchev–Trinajstić information content (AvgIpc) is 2.90. The highest BCUT2D eigenvalue weighted by atomic mass is 32.2. The Balaban J connectivity index is 1.99. The monoisotopic (exact) mass is 407 g/mol. The molecule has 8 heteroatoms. The maximum atomic E-state index is 13.0. The van der Waals surface area contributed by atoms with Gasteiger partial charge in [-0.15, -0.1) is 4.40 Å². The summed E-state index contributed by atoms with van der Waals surface area (Å²) >= 11 is 1.14. The predicted octanol–water partition coefficient (Wildman–Crippen LogP) is 3.35. The first-order chi connectivity index (χ1) is 12.8. The molecule has 0 radical (unpaired) electrons. The topological polar surface area (TPSA) is 70.0 Å². The van der Waals surface area contributed by atoms with E-state index in [0.717, 1.165) is 49.4 Å². The first kappa shape index (κ1) is 19.9. The molecule has 1 saturated heterocycles. The molecule has 27 heavy (non-hydrogen) atoms. The molecule has 6 nitrogen and oxygen atoms in total. The molecule has 1 aromatic rings. The summed E-state index contributed by atoms with van der Waals surface area (Å²) in [5.74, 6) is -0.154. The van der Waals surface area contributed by atoms with Crippen molar-refractivity contribution < 1.29 is 13.2 Å². The van der Waals surface area contributed by atoms with Gasteiger partial charge < -0.3 is 4.90 Å². The summed E-state index contributed by atoms with van der Waals surface area (Å²) < 4.78 is 29.7. The molecule has 1 saturated carbocycles. The van der Waals surface area contributed by atoms with E-state index in [-0.39, 0.29) is 22.0 Å². The van der Waals surface area contributed by atoms with E-state index in [2.05, 4.69) is 4.40 Å². The zero-order valence-corrected chi connectivity index (χ0v) is 17.5. The van der Waals surface area contributed by atoms with Crippen molar-refractivity contribution in [2.75, 3.05) is 14.1 Å². The number of nitrogens with zero attached hydrogens (tertiary/aromatic N) is 3. The second-order valence-corrected chi connectivity index (χ2v) is 9.80. The van der Waals surface area contributed by atoms with E-state index in [4.69, 9.17) is 0 Å². The molecule has 0 unspecified atom stereocenters. The SMILES string of the molecule is Cc1ccc(S(=O)(=O)/N=C2\S/C(=C\N(C)C)C(=O)N2C2CCCCC2)cc1. The van der Waals surface area contributed by atoms with Crippen LogP contribution in [0.1, 0.15) is 37.7 Å². The molecule has 2 fully saturated rings. The van der Waals surface area contributed by atoms with Gasteiger partial charge >= 0.3 is 0 Å². The number of thioether (sulfide) groups is 1. The van der Waals surface area contributed by atoms with Crippen molar-refractivity contribution in [2.24, 2.45) is 4.40 Å². The lowest BCUT2D eigenvalue weighted by atomic mass is 9.94. The van der Waals surface area contributed by atoms with Crippen LogP contribution in [-0.2, 0) is 14.8 Å². The molecular weight excluding hydrogens is 382 g/mol. The van der Waals surface area contributed by atoms with Gasteiger partial charge in [-0.25, -0.2) is 0 Å². The Labute approximate surface area is 165 Å². The Kier molecular flexibility index (Phi) is 5.95. The minimum absolute atomic E-state index is 0.0128. The zero-order chi connectivity index (χ0) is 19.6. The van der Waals surface area contributed by atoms with Crippen molar-refractivity contribution in [3.8, 4) is 0 Å². The van der Waals surface area contributed by atoms with E-state index in [1.165, 1.54) is 0 Å². The lowest BCUT2D eigenvalue weighted by molar-refractivity contribution is -0.124. The Bertz CT molecular complexity index is 868. The summed E-state index contributed by atoms with van der Waals surface area (Å²) in [6, 6.07) is 6.61. The molecule has 0 atom stereocenters. The van der Waals surface area contributed by atoms with E-state index in [0.29, 0.717) is 4.91 Å². The molecule has 0 aromatic heterocycles. The Hall–Kier alpha value is -1.80. The van der Waals surface area contributed by atoms with Crippen LogP contribution in [0.25, 0.3) is 0 Å². The van der Waals surface area contributed by atoms with Crippen molar-refractivity contribution in [3.63, 3.8) is 0 Å². The lowest BCUT2D eigenvalue weighted by Gasteiger charge is -2.30. The minimum atomic E-state index is -3.87. The third-order valence-corrected chi connectivity index (χ3v) is 7.04. The maximum absolute atomic E-state index is 13.0. The van der Waals surface area contributed by atoms with Crippen molar-refractivity contribution in [3.05, 3.63) is 40.9 Å². The minimum Gasteiger partial charge on any atom is -0.382 e. The Morgan fingerprint density at radius 1 is 1.15 bits per heavy atom. The van der Waals surface area contributed by atoms with Gasteiger partial charge in [0.25, 0.3) is 15.9 Å². The van der Waals surface area contributed by atoms with Gasteiger partial charge in [0.05, 0.1) is 9.80 Å². The van der Waals surface area contributed by atoms with Gasteiger partial charge in [0.1, 0.15) is 0 Å². The van der Waals surface area contributed by atoms with Gasteiger partial charge in [-0.2, -0.15) is 8.42 Å². The van der Waals surface area contributed by atoms with Crippen LogP contribution >= 0.6 is 11.8 Å². The molecule has 0 bridgehead atoms. The standard InChI is InChI=1S/C19H25N3O3S2/c1-14-9-11-16(12-10-14)27(24,25)20-19-22(15-7-5-4-6-8-15)18(23)17(26-19)13-21(2)3/h9-13,15H,4-8H2,1-3H3/b17-13-,20-19-. The summed E-state index contributed by atoms with van der Waals surface area (Å²) in [5.41, 5.74) is 0.979. The van der Waals surface area contributed by atoms with Gasteiger partial charge in [-0.3, -0.25) is 9.69 Å². The first-order valence-electron chi connectivity index (χ1n) is 9.09. The van der Waals surface area contributed by atoms with Crippen LogP contribution < -0.4 is 0 Å². The molecule has 1 aromatic carbocycles. The van der Waals surface area contributed by atoms with Crippen molar-refractivity contribution in [2.45, 2.75) is 50.0 Å². The number of sulfonamides is 1. The Morgan fingerprint density at radius 2 is 1.78 bits per heavy atom. The number of carbonyl (C=O) groups is 1. The molecule has 1 amide bonds. The molecule has 1 heterocycles. The third-order valence-electron chi connectivity index (χ3n) is 4.67. The highest BCUT2D eigenvalue weighted by Crippen LogP contribution is 2.37. The summed E-state index contributed by atoms with van der Waals surface area (Å²) in [6.45, 7) is 1.90. The normalized spacial score (nSPS) is 22.0. The van der Waals surface area contributed by atoms with Crippen LogP contribution in [0, 0.1) is 6.92 Å². The molecule has 1 aliphatic carbocycles. The van der Waals surface area contributed by atoms with Crippen LogP contribution in [0.4, 0.5) is 0 Å². The number of amidine groups is 1. The largest absolute Gasteiger partial charge is 0.382 e. The van der Waals surface area contributed by atoms with E-state index in [9.17, 15) is 13.2 Å². The van der Waals surface area contributed by atoms with Crippen LogP contribution in [0.15, 0.2) is 44.7 Å². The van der Waals surface area contributed by atoms with E-state index in [1.807, 2.05) is 21.0 Å². The summed E-state index contributed by atoms with van der Waals surface area (Å²) in [4.78, 5) is 17.0. The van der Waals surface area contributed by atoms with E-state index < -0.39 is 10.0 Å². The van der Waals surface area contributed by atoms with Crippen LogP contribution in [0.3, 0.4) is 0 Å².